The first-order valence-electron chi connectivity index (χ1n) is 6.76. The molecule has 20 heavy (non-hydrogen) atoms. The van der Waals surface area contributed by atoms with Crippen LogP contribution in [0.2, 0.25) is 5.02 Å². The Morgan fingerprint density at radius 3 is 2.70 bits per heavy atom. The molecule has 0 spiro atoms. The molecule has 1 aromatic carbocycles. The fraction of sp³-hybridized carbons (Fsp3) is 0.500. The first-order chi connectivity index (χ1) is 9.61. The van der Waals surface area contributed by atoms with Crippen LogP contribution in [0.4, 0.5) is 10.5 Å². The number of aliphatic hydroxyl groups excluding tert-OH is 1. The van der Waals surface area contributed by atoms with Gasteiger partial charge in [0.2, 0.25) is 0 Å². The van der Waals surface area contributed by atoms with Crippen LogP contribution >= 0.6 is 11.6 Å². The molecule has 0 atom stereocenters. The molecule has 1 saturated heterocycles. The molecule has 110 valence electrons. The number of aryl methyl sites for hydroxylation is 1. The predicted molar refractivity (Wildman–Crippen MR) is 80.3 cm³/mol. The van der Waals surface area contributed by atoms with E-state index in [-0.39, 0.29) is 12.6 Å². The van der Waals surface area contributed by atoms with Crippen LogP contribution in [0.25, 0.3) is 0 Å². The highest BCUT2D eigenvalue weighted by molar-refractivity contribution is 6.34. The molecule has 0 unspecified atom stereocenters. The summed E-state index contributed by atoms with van der Waals surface area (Å²) in [6.45, 7) is 5.63. The van der Waals surface area contributed by atoms with Crippen LogP contribution in [0.1, 0.15) is 5.56 Å². The van der Waals surface area contributed by atoms with Crippen LogP contribution in [-0.4, -0.2) is 60.3 Å². The van der Waals surface area contributed by atoms with Gasteiger partial charge in [-0.1, -0.05) is 23.7 Å². The molecule has 1 aliphatic heterocycles. The number of carbonyl (C=O) groups is 1. The molecule has 1 aliphatic rings. The highest BCUT2D eigenvalue weighted by atomic mass is 35.5. The maximum atomic E-state index is 12.2. The van der Waals surface area contributed by atoms with E-state index in [0.717, 1.165) is 18.7 Å². The van der Waals surface area contributed by atoms with Crippen molar-refractivity contribution in [2.24, 2.45) is 0 Å². The van der Waals surface area contributed by atoms with Gasteiger partial charge in [0.05, 0.1) is 17.3 Å². The summed E-state index contributed by atoms with van der Waals surface area (Å²) >= 11 is 6.17. The quantitative estimate of drug-likeness (QED) is 0.894. The van der Waals surface area contributed by atoms with Gasteiger partial charge in [0.25, 0.3) is 0 Å². The molecular formula is C14H20ClN3O2. The Bertz CT molecular complexity index is 473. The van der Waals surface area contributed by atoms with Gasteiger partial charge in [-0.2, -0.15) is 0 Å². The molecule has 0 bridgehead atoms. The molecule has 0 radical (unpaired) electrons. The number of rotatable bonds is 3. The van der Waals surface area contributed by atoms with E-state index in [2.05, 4.69) is 10.2 Å². The SMILES string of the molecule is Cc1cccc(NC(=O)N2CCN(CCO)CC2)c1Cl. The Kier molecular flexibility index (Phi) is 5.23. The van der Waals surface area contributed by atoms with E-state index in [1.165, 1.54) is 0 Å². The summed E-state index contributed by atoms with van der Waals surface area (Å²) in [6, 6.07) is 5.46. The first-order valence-corrected chi connectivity index (χ1v) is 7.14. The predicted octanol–water partition coefficient (Wildman–Crippen LogP) is 1.79. The lowest BCUT2D eigenvalue weighted by atomic mass is 10.2. The van der Waals surface area contributed by atoms with Gasteiger partial charge < -0.3 is 15.3 Å². The van der Waals surface area contributed by atoms with Gasteiger partial charge in [-0.25, -0.2) is 4.79 Å². The summed E-state index contributed by atoms with van der Waals surface area (Å²) in [6.07, 6.45) is 0. The fourth-order valence-electron chi connectivity index (χ4n) is 2.25. The average Bonchev–Trinajstić information content (AvgIpc) is 2.45. The van der Waals surface area contributed by atoms with Gasteiger partial charge in [-0.15, -0.1) is 0 Å². The summed E-state index contributed by atoms with van der Waals surface area (Å²) in [4.78, 5) is 16.1. The van der Waals surface area contributed by atoms with Crippen molar-refractivity contribution in [2.75, 3.05) is 44.6 Å². The van der Waals surface area contributed by atoms with Crippen LogP contribution in [-0.2, 0) is 0 Å². The number of β-amino-alcohol motifs (C(OH)–C–C–N with tert-alkyl or cyclic N) is 1. The third kappa shape index (κ3) is 3.62. The molecule has 1 heterocycles. The Hall–Kier alpha value is -1.30. The van der Waals surface area contributed by atoms with Crippen molar-refractivity contribution in [1.29, 1.82) is 0 Å². The molecule has 2 N–H and O–H groups in total. The van der Waals surface area contributed by atoms with Crippen molar-refractivity contribution >= 4 is 23.3 Å². The number of nitrogens with zero attached hydrogens (tertiary/aromatic N) is 2. The number of nitrogens with one attached hydrogen (secondary N) is 1. The highest BCUT2D eigenvalue weighted by Gasteiger charge is 2.21. The number of piperazine rings is 1. The third-order valence-electron chi connectivity index (χ3n) is 3.51. The van der Waals surface area contributed by atoms with E-state index in [1.807, 2.05) is 19.1 Å². The number of carbonyl (C=O) groups excluding carboxylic acids is 1. The van der Waals surface area contributed by atoms with Gasteiger partial charge in [-0.05, 0) is 18.6 Å². The maximum absolute atomic E-state index is 12.2. The summed E-state index contributed by atoms with van der Waals surface area (Å²) in [5.41, 5.74) is 1.59. The number of benzene rings is 1. The van der Waals surface area contributed by atoms with Crippen molar-refractivity contribution in [3.8, 4) is 0 Å². The van der Waals surface area contributed by atoms with Gasteiger partial charge in [0.1, 0.15) is 0 Å². The van der Waals surface area contributed by atoms with Crippen molar-refractivity contribution < 1.29 is 9.90 Å². The fourth-order valence-corrected chi connectivity index (χ4v) is 2.43. The van der Waals surface area contributed by atoms with Gasteiger partial charge in [0.15, 0.2) is 0 Å². The standard InChI is InChI=1S/C14H20ClN3O2/c1-11-3-2-4-12(13(11)15)16-14(20)18-7-5-17(6-8-18)9-10-19/h2-4,19H,5-10H2,1H3,(H,16,20). The van der Waals surface area contributed by atoms with Crippen molar-refractivity contribution in [3.63, 3.8) is 0 Å². The molecule has 1 aromatic rings. The molecule has 0 aliphatic carbocycles. The summed E-state index contributed by atoms with van der Waals surface area (Å²) < 4.78 is 0. The number of halogens is 1. The number of hydrogen-bond donors (Lipinski definition) is 2. The van der Waals surface area contributed by atoms with E-state index in [0.29, 0.717) is 30.3 Å². The zero-order valence-electron chi connectivity index (χ0n) is 11.6. The Morgan fingerprint density at radius 2 is 2.05 bits per heavy atom. The van der Waals surface area contributed by atoms with E-state index < -0.39 is 0 Å². The molecule has 0 aromatic heterocycles. The minimum absolute atomic E-state index is 0.124. The number of urea groups is 1. The van der Waals surface area contributed by atoms with Crippen LogP contribution in [0.15, 0.2) is 18.2 Å². The summed E-state index contributed by atoms with van der Waals surface area (Å²) in [5, 5.41) is 12.3. The number of amides is 2. The molecule has 6 heteroatoms. The minimum Gasteiger partial charge on any atom is -0.395 e. The molecule has 2 amide bonds. The Balaban J connectivity index is 1.91. The lowest BCUT2D eigenvalue weighted by molar-refractivity contribution is 0.127. The third-order valence-corrected chi connectivity index (χ3v) is 4.01. The zero-order chi connectivity index (χ0) is 14.5. The van der Waals surface area contributed by atoms with Crippen LogP contribution in [0.5, 0.6) is 0 Å². The smallest absolute Gasteiger partial charge is 0.321 e. The normalized spacial score (nSPS) is 16.2. The minimum atomic E-state index is -0.124. The lowest BCUT2D eigenvalue weighted by Crippen LogP contribution is -2.50. The van der Waals surface area contributed by atoms with E-state index in [9.17, 15) is 4.79 Å². The van der Waals surface area contributed by atoms with E-state index in [1.54, 1.807) is 11.0 Å². The van der Waals surface area contributed by atoms with Crippen molar-refractivity contribution in [2.45, 2.75) is 6.92 Å². The van der Waals surface area contributed by atoms with Crippen LogP contribution in [0.3, 0.4) is 0 Å². The topological polar surface area (TPSA) is 55.8 Å². The first kappa shape index (κ1) is 15.1. The molecule has 5 nitrogen and oxygen atoms in total. The lowest BCUT2D eigenvalue weighted by Gasteiger charge is -2.34. The number of anilines is 1. The van der Waals surface area contributed by atoms with Gasteiger partial charge in [0, 0.05) is 32.7 Å². The highest BCUT2D eigenvalue weighted by Crippen LogP contribution is 2.25. The van der Waals surface area contributed by atoms with E-state index in [4.69, 9.17) is 16.7 Å². The van der Waals surface area contributed by atoms with Gasteiger partial charge in [-0.3, -0.25) is 4.90 Å². The largest absolute Gasteiger partial charge is 0.395 e. The molecular weight excluding hydrogens is 278 g/mol. The molecule has 1 fully saturated rings. The van der Waals surface area contributed by atoms with Crippen molar-refractivity contribution in [1.82, 2.24) is 9.80 Å². The maximum Gasteiger partial charge on any atom is 0.321 e. The Morgan fingerprint density at radius 1 is 1.35 bits per heavy atom. The van der Waals surface area contributed by atoms with E-state index >= 15 is 0 Å². The number of aliphatic hydroxyl groups is 1. The zero-order valence-corrected chi connectivity index (χ0v) is 12.4. The molecule has 2 rings (SSSR count). The number of hydrogen-bond acceptors (Lipinski definition) is 3. The summed E-state index contributed by atoms with van der Waals surface area (Å²) in [7, 11) is 0. The van der Waals surface area contributed by atoms with Crippen LogP contribution < -0.4 is 5.32 Å². The van der Waals surface area contributed by atoms with Gasteiger partial charge >= 0.3 is 6.03 Å². The second kappa shape index (κ2) is 6.92. The second-order valence-electron chi connectivity index (χ2n) is 4.92. The molecule has 0 saturated carbocycles. The summed E-state index contributed by atoms with van der Waals surface area (Å²) in [5.74, 6) is 0. The Labute approximate surface area is 124 Å². The second-order valence-corrected chi connectivity index (χ2v) is 5.30. The van der Waals surface area contributed by atoms with Crippen LogP contribution in [0, 0.1) is 6.92 Å². The average molecular weight is 298 g/mol. The van der Waals surface area contributed by atoms with Crippen molar-refractivity contribution in [3.05, 3.63) is 28.8 Å². The monoisotopic (exact) mass is 297 g/mol.